The van der Waals surface area contributed by atoms with E-state index in [4.69, 9.17) is 0 Å². The van der Waals surface area contributed by atoms with Gasteiger partial charge in [0.25, 0.3) is 5.56 Å². The van der Waals surface area contributed by atoms with Crippen LogP contribution in [-0.2, 0) is 0 Å². The first-order valence-corrected chi connectivity index (χ1v) is 5.90. The number of H-pyrrole nitrogens is 1. The molecular weight excluding hydrogens is 256 g/mol. The zero-order valence-electron chi connectivity index (χ0n) is 10.3. The largest absolute Gasteiger partial charge is 0.507 e. The summed E-state index contributed by atoms with van der Waals surface area (Å²) in [5.74, 6) is -0.0305. The highest BCUT2D eigenvalue weighted by atomic mass is 16.3. The van der Waals surface area contributed by atoms with Gasteiger partial charge in [-0.2, -0.15) is 0 Å². The van der Waals surface area contributed by atoms with E-state index in [1.54, 1.807) is 24.3 Å². The van der Waals surface area contributed by atoms with Gasteiger partial charge in [0.2, 0.25) is 0 Å². The van der Waals surface area contributed by atoms with Crippen molar-refractivity contribution in [3.05, 3.63) is 64.5 Å². The number of hydrogen-bond donors (Lipinski definition) is 2. The van der Waals surface area contributed by atoms with Crippen LogP contribution < -0.4 is 5.56 Å². The summed E-state index contributed by atoms with van der Waals surface area (Å²) in [5, 5.41) is 10.0. The minimum absolute atomic E-state index is 0.0305. The third-order valence-corrected chi connectivity index (χ3v) is 2.74. The number of aromatic nitrogens is 4. The van der Waals surface area contributed by atoms with Gasteiger partial charge in [0.05, 0.1) is 6.20 Å². The number of nitrogens with one attached hydrogen (secondary N) is 1. The van der Waals surface area contributed by atoms with Crippen LogP contribution in [0.1, 0.15) is 11.3 Å². The van der Waals surface area contributed by atoms with Gasteiger partial charge in [0.15, 0.2) is 5.65 Å². The SMILES string of the molecule is O=c1[nH]c2cncnc2nc1/C=C(\O)c1ccccc1. The summed E-state index contributed by atoms with van der Waals surface area (Å²) in [6, 6.07) is 8.91. The van der Waals surface area contributed by atoms with E-state index in [9.17, 15) is 9.90 Å². The Morgan fingerprint density at radius 2 is 2.05 bits per heavy atom. The second-order valence-electron chi connectivity index (χ2n) is 4.11. The Morgan fingerprint density at radius 3 is 2.85 bits per heavy atom. The molecule has 0 atom stereocenters. The second-order valence-corrected chi connectivity index (χ2v) is 4.11. The van der Waals surface area contributed by atoms with Crippen LogP contribution in [0, 0.1) is 0 Å². The van der Waals surface area contributed by atoms with Crippen molar-refractivity contribution in [3.63, 3.8) is 0 Å². The highest BCUT2D eigenvalue weighted by Crippen LogP contribution is 2.13. The van der Waals surface area contributed by atoms with Gasteiger partial charge in [-0.25, -0.2) is 15.0 Å². The van der Waals surface area contributed by atoms with Crippen LogP contribution in [0.5, 0.6) is 0 Å². The molecule has 0 aliphatic carbocycles. The first kappa shape index (κ1) is 12.0. The molecular formula is C14H10N4O2. The molecule has 6 heteroatoms. The molecule has 0 radical (unpaired) electrons. The van der Waals surface area contributed by atoms with E-state index in [0.717, 1.165) is 0 Å². The van der Waals surface area contributed by atoms with Crippen molar-refractivity contribution in [2.24, 2.45) is 0 Å². The lowest BCUT2D eigenvalue weighted by Crippen LogP contribution is -2.12. The average Bonchev–Trinajstić information content (AvgIpc) is 2.49. The number of rotatable bonds is 2. The minimum Gasteiger partial charge on any atom is -0.507 e. The molecule has 0 spiro atoms. The predicted molar refractivity (Wildman–Crippen MR) is 74.9 cm³/mol. The van der Waals surface area contributed by atoms with Crippen LogP contribution >= 0.6 is 0 Å². The van der Waals surface area contributed by atoms with Crippen molar-refractivity contribution in [2.45, 2.75) is 0 Å². The summed E-state index contributed by atoms with van der Waals surface area (Å²) in [5.41, 5.74) is 1.12. The maximum atomic E-state index is 11.9. The van der Waals surface area contributed by atoms with Gasteiger partial charge < -0.3 is 10.1 Å². The van der Waals surface area contributed by atoms with Gasteiger partial charge in [-0.3, -0.25) is 4.79 Å². The summed E-state index contributed by atoms with van der Waals surface area (Å²) in [4.78, 5) is 26.4. The van der Waals surface area contributed by atoms with E-state index in [0.29, 0.717) is 16.7 Å². The minimum atomic E-state index is -0.408. The number of benzene rings is 1. The Labute approximate surface area is 113 Å². The van der Waals surface area contributed by atoms with Gasteiger partial charge in [0.1, 0.15) is 23.3 Å². The second kappa shape index (κ2) is 4.93. The summed E-state index contributed by atoms with van der Waals surface area (Å²) in [6.45, 7) is 0. The zero-order chi connectivity index (χ0) is 13.9. The van der Waals surface area contributed by atoms with Crippen molar-refractivity contribution in [3.8, 4) is 0 Å². The van der Waals surface area contributed by atoms with Crippen LogP contribution in [-0.4, -0.2) is 25.0 Å². The van der Waals surface area contributed by atoms with Gasteiger partial charge in [-0.1, -0.05) is 30.3 Å². The molecule has 0 aliphatic rings. The highest BCUT2D eigenvalue weighted by Gasteiger charge is 2.05. The zero-order valence-corrected chi connectivity index (χ0v) is 10.3. The van der Waals surface area contributed by atoms with Crippen molar-refractivity contribution in [1.29, 1.82) is 0 Å². The maximum absolute atomic E-state index is 11.9. The number of aliphatic hydroxyl groups excluding tert-OH is 1. The first-order valence-electron chi connectivity index (χ1n) is 5.90. The molecule has 0 fully saturated rings. The molecule has 2 heterocycles. The van der Waals surface area contributed by atoms with Crippen molar-refractivity contribution < 1.29 is 5.11 Å². The molecule has 98 valence electrons. The number of fused-ring (bicyclic) bond motifs is 1. The van der Waals surface area contributed by atoms with Crippen molar-refractivity contribution >= 4 is 23.0 Å². The molecule has 6 nitrogen and oxygen atoms in total. The Balaban J connectivity index is 2.11. The highest BCUT2D eigenvalue weighted by molar-refractivity contribution is 5.77. The third kappa shape index (κ3) is 2.26. The van der Waals surface area contributed by atoms with Crippen LogP contribution in [0.15, 0.2) is 47.7 Å². The standard InChI is InChI=1S/C14H10N4O2/c19-12(9-4-2-1-3-5-9)6-10-14(20)18-11-7-15-8-16-13(11)17-10/h1-8,19H,(H,18,20)/b12-6-. The van der Waals surface area contributed by atoms with Crippen LogP contribution in [0.2, 0.25) is 0 Å². The van der Waals surface area contributed by atoms with Gasteiger partial charge in [-0.05, 0) is 0 Å². The Morgan fingerprint density at radius 1 is 1.25 bits per heavy atom. The van der Waals surface area contributed by atoms with Gasteiger partial charge in [-0.15, -0.1) is 0 Å². The Bertz CT molecular complexity index is 840. The lowest BCUT2D eigenvalue weighted by molar-refractivity contribution is 0.515. The molecule has 20 heavy (non-hydrogen) atoms. The van der Waals surface area contributed by atoms with Gasteiger partial charge in [0, 0.05) is 11.6 Å². The normalized spacial score (nSPS) is 11.7. The number of aromatic amines is 1. The van der Waals surface area contributed by atoms with Crippen LogP contribution in [0.25, 0.3) is 23.0 Å². The predicted octanol–water partition coefficient (Wildman–Crippen LogP) is 1.77. The Hall–Kier alpha value is -3.02. The summed E-state index contributed by atoms with van der Waals surface area (Å²) in [7, 11) is 0. The summed E-state index contributed by atoms with van der Waals surface area (Å²) < 4.78 is 0. The molecule has 0 unspecified atom stereocenters. The first-order chi connectivity index (χ1) is 9.74. The molecule has 0 amide bonds. The molecule has 2 aromatic heterocycles. The molecule has 0 aliphatic heterocycles. The molecule has 3 rings (SSSR count). The molecule has 0 bridgehead atoms. The van der Waals surface area contributed by atoms with Crippen molar-refractivity contribution in [2.75, 3.05) is 0 Å². The van der Waals surface area contributed by atoms with Crippen LogP contribution in [0.4, 0.5) is 0 Å². The lowest BCUT2D eigenvalue weighted by atomic mass is 10.1. The van der Waals surface area contributed by atoms with E-state index in [-0.39, 0.29) is 11.5 Å². The molecule has 2 N–H and O–H groups in total. The van der Waals surface area contributed by atoms with E-state index >= 15 is 0 Å². The Kier molecular flexibility index (Phi) is 2.96. The van der Waals surface area contributed by atoms with E-state index in [1.807, 2.05) is 6.07 Å². The third-order valence-electron chi connectivity index (χ3n) is 2.74. The van der Waals surface area contributed by atoms with E-state index in [2.05, 4.69) is 19.9 Å². The summed E-state index contributed by atoms with van der Waals surface area (Å²) >= 11 is 0. The maximum Gasteiger partial charge on any atom is 0.274 e. The fourth-order valence-electron chi connectivity index (χ4n) is 1.77. The molecule has 1 aromatic carbocycles. The molecule has 3 aromatic rings. The fourth-order valence-corrected chi connectivity index (χ4v) is 1.77. The monoisotopic (exact) mass is 266 g/mol. The number of aliphatic hydroxyl groups is 1. The smallest absolute Gasteiger partial charge is 0.274 e. The summed E-state index contributed by atoms with van der Waals surface area (Å²) in [6.07, 6.45) is 4.13. The fraction of sp³-hybridized carbons (Fsp3) is 0. The van der Waals surface area contributed by atoms with Crippen LogP contribution in [0.3, 0.4) is 0 Å². The average molecular weight is 266 g/mol. The van der Waals surface area contributed by atoms with Gasteiger partial charge >= 0.3 is 0 Å². The molecule has 0 saturated carbocycles. The number of hydrogen-bond acceptors (Lipinski definition) is 5. The van der Waals surface area contributed by atoms with E-state index in [1.165, 1.54) is 18.6 Å². The topological polar surface area (TPSA) is 91.8 Å². The lowest BCUT2D eigenvalue weighted by Gasteiger charge is -2.00. The van der Waals surface area contributed by atoms with Crippen molar-refractivity contribution in [1.82, 2.24) is 19.9 Å². The quantitative estimate of drug-likeness (QED) is 0.690. The number of nitrogens with zero attached hydrogens (tertiary/aromatic N) is 3. The van der Waals surface area contributed by atoms with E-state index < -0.39 is 5.56 Å². The molecule has 0 saturated heterocycles.